The Hall–Kier alpha value is -0.510. The molecule has 1 heteroatoms. The van der Waals surface area contributed by atoms with Gasteiger partial charge in [-0.2, -0.15) is 0 Å². The largest absolute Gasteiger partial charge is 0.311 e. The summed E-state index contributed by atoms with van der Waals surface area (Å²) in [6.45, 7) is 10.9. The van der Waals surface area contributed by atoms with E-state index in [0.717, 1.165) is 12.3 Å². The first-order valence-electron chi connectivity index (χ1n) is 3.53. The van der Waals surface area contributed by atoms with E-state index >= 15 is 0 Å². The monoisotopic (exact) mass is 123 g/mol. The molecule has 0 spiro atoms. The minimum atomic E-state index is -0.0822. The Labute approximate surface area is 56.9 Å². The van der Waals surface area contributed by atoms with Gasteiger partial charge in [-0.15, -0.1) is 0 Å². The molecule has 0 aromatic heterocycles. The molecule has 1 saturated carbocycles. The summed E-state index contributed by atoms with van der Waals surface area (Å²) in [7, 11) is 0. The molecular formula is C8H13N. The molecule has 0 amide bonds. The smallest absolute Gasteiger partial charge is 0.227 e. The highest BCUT2D eigenvalue weighted by Crippen LogP contribution is 2.37. The molecule has 0 aromatic carbocycles. The first-order valence-corrected chi connectivity index (χ1v) is 3.53. The van der Waals surface area contributed by atoms with Crippen LogP contribution in [0, 0.1) is 12.5 Å². The van der Waals surface area contributed by atoms with Crippen molar-refractivity contribution in [1.29, 1.82) is 0 Å². The summed E-state index contributed by atoms with van der Waals surface area (Å²) in [4.78, 5) is 3.55. The molecular weight excluding hydrogens is 110 g/mol. The van der Waals surface area contributed by atoms with Gasteiger partial charge in [-0.25, -0.2) is 6.57 Å². The predicted octanol–water partition coefficient (Wildman–Crippen LogP) is 2.48. The maximum Gasteiger partial charge on any atom is 0.227 e. The number of nitrogens with zero attached hydrogens (tertiary/aromatic N) is 1. The Kier molecular flexibility index (Phi) is 1.48. The summed E-state index contributed by atoms with van der Waals surface area (Å²) in [6.07, 6.45) is 3.83. The van der Waals surface area contributed by atoms with E-state index in [1.807, 2.05) is 13.8 Å². The third kappa shape index (κ3) is 2.05. The van der Waals surface area contributed by atoms with Crippen LogP contribution >= 0.6 is 0 Å². The molecule has 0 saturated heterocycles. The van der Waals surface area contributed by atoms with E-state index in [-0.39, 0.29) is 5.54 Å². The summed E-state index contributed by atoms with van der Waals surface area (Å²) >= 11 is 0. The quantitative estimate of drug-likeness (QED) is 0.497. The molecule has 0 heterocycles. The molecule has 0 aromatic rings. The van der Waals surface area contributed by atoms with Crippen LogP contribution in [0.15, 0.2) is 0 Å². The van der Waals surface area contributed by atoms with Crippen molar-refractivity contribution in [1.82, 2.24) is 0 Å². The number of hydrogen-bond acceptors (Lipinski definition) is 0. The summed E-state index contributed by atoms with van der Waals surface area (Å²) in [6, 6.07) is 0. The average Bonchev–Trinajstić information content (AvgIpc) is 2.50. The van der Waals surface area contributed by atoms with Gasteiger partial charge in [0, 0.05) is 20.3 Å². The molecule has 0 bridgehead atoms. The van der Waals surface area contributed by atoms with Crippen molar-refractivity contribution in [3.8, 4) is 0 Å². The Morgan fingerprint density at radius 2 is 2.11 bits per heavy atom. The zero-order chi connectivity index (χ0) is 6.91. The third-order valence-corrected chi connectivity index (χ3v) is 1.79. The first-order chi connectivity index (χ1) is 4.14. The van der Waals surface area contributed by atoms with Crippen LogP contribution in [0.2, 0.25) is 0 Å². The first kappa shape index (κ1) is 6.61. The van der Waals surface area contributed by atoms with Crippen molar-refractivity contribution < 1.29 is 0 Å². The Balaban J connectivity index is 2.32. The molecule has 1 rings (SSSR count). The minimum absolute atomic E-state index is 0.0822. The van der Waals surface area contributed by atoms with E-state index < -0.39 is 0 Å². The lowest BCUT2D eigenvalue weighted by molar-refractivity contribution is 0.516. The molecule has 0 aliphatic heterocycles. The fraction of sp³-hybridized carbons (Fsp3) is 0.875. The van der Waals surface area contributed by atoms with E-state index in [1.165, 1.54) is 12.8 Å². The summed E-state index contributed by atoms with van der Waals surface area (Å²) < 4.78 is 0. The van der Waals surface area contributed by atoms with Crippen LogP contribution in [-0.4, -0.2) is 5.54 Å². The van der Waals surface area contributed by atoms with Crippen molar-refractivity contribution in [3.63, 3.8) is 0 Å². The molecule has 1 aliphatic rings. The van der Waals surface area contributed by atoms with Crippen LogP contribution in [0.4, 0.5) is 0 Å². The molecule has 1 fully saturated rings. The Morgan fingerprint density at radius 1 is 1.56 bits per heavy atom. The van der Waals surface area contributed by atoms with E-state index in [9.17, 15) is 0 Å². The standard InChI is InChI=1S/C8H13N/c1-8(2,9-3)6-7-4-5-7/h7H,4-6H2,1-2H3. The zero-order valence-corrected chi connectivity index (χ0v) is 6.15. The summed E-state index contributed by atoms with van der Waals surface area (Å²) in [5, 5.41) is 0. The lowest BCUT2D eigenvalue weighted by atomic mass is 9.99. The van der Waals surface area contributed by atoms with Crippen LogP contribution in [-0.2, 0) is 0 Å². The molecule has 1 aliphatic carbocycles. The van der Waals surface area contributed by atoms with E-state index in [4.69, 9.17) is 6.57 Å². The van der Waals surface area contributed by atoms with Gasteiger partial charge in [0.1, 0.15) is 0 Å². The van der Waals surface area contributed by atoms with Gasteiger partial charge < -0.3 is 4.85 Å². The summed E-state index contributed by atoms with van der Waals surface area (Å²) in [5.74, 6) is 0.883. The van der Waals surface area contributed by atoms with Crippen molar-refractivity contribution in [2.75, 3.05) is 0 Å². The normalized spacial score (nSPS) is 19.2. The van der Waals surface area contributed by atoms with Crippen molar-refractivity contribution >= 4 is 0 Å². The summed E-state index contributed by atoms with van der Waals surface area (Å²) in [5.41, 5.74) is -0.0822. The van der Waals surface area contributed by atoms with Crippen LogP contribution < -0.4 is 0 Å². The predicted molar refractivity (Wildman–Crippen MR) is 38.0 cm³/mol. The Morgan fingerprint density at radius 3 is 2.44 bits per heavy atom. The molecule has 0 atom stereocenters. The lowest BCUT2D eigenvalue weighted by Crippen LogP contribution is -2.14. The van der Waals surface area contributed by atoms with Gasteiger partial charge >= 0.3 is 0 Å². The highest BCUT2D eigenvalue weighted by Gasteiger charge is 2.33. The average molecular weight is 123 g/mol. The lowest BCUT2D eigenvalue weighted by Gasteiger charge is -2.08. The van der Waals surface area contributed by atoms with Gasteiger partial charge in [0.2, 0.25) is 5.54 Å². The highest BCUT2D eigenvalue weighted by atomic mass is 14.8. The van der Waals surface area contributed by atoms with Gasteiger partial charge in [-0.3, -0.25) is 0 Å². The maximum atomic E-state index is 6.85. The van der Waals surface area contributed by atoms with Crippen molar-refractivity contribution in [2.24, 2.45) is 5.92 Å². The van der Waals surface area contributed by atoms with Gasteiger partial charge in [0.25, 0.3) is 0 Å². The fourth-order valence-electron chi connectivity index (χ4n) is 1.07. The van der Waals surface area contributed by atoms with E-state index in [0.29, 0.717) is 0 Å². The van der Waals surface area contributed by atoms with Gasteiger partial charge in [-0.05, 0) is 18.8 Å². The fourth-order valence-corrected chi connectivity index (χ4v) is 1.07. The SMILES string of the molecule is [C-]#[N+]C(C)(C)CC1CC1. The van der Waals surface area contributed by atoms with E-state index in [1.54, 1.807) is 0 Å². The second-order valence-electron chi connectivity index (χ2n) is 3.57. The third-order valence-electron chi connectivity index (χ3n) is 1.79. The second-order valence-corrected chi connectivity index (χ2v) is 3.57. The molecule has 0 N–H and O–H groups in total. The van der Waals surface area contributed by atoms with Crippen molar-refractivity contribution in [2.45, 2.75) is 38.6 Å². The molecule has 9 heavy (non-hydrogen) atoms. The van der Waals surface area contributed by atoms with E-state index in [2.05, 4.69) is 4.85 Å². The van der Waals surface area contributed by atoms with Gasteiger partial charge in [-0.1, -0.05) is 0 Å². The van der Waals surface area contributed by atoms with Crippen LogP contribution in [0.3, 0.4) is 0 Å². The van der Waals surface area contributed by atoms with Crippen molar-refractivity contribution in [3.05, 3.63) is 11.4 Å². The molecule has 0 unspecified atom stereocenters. The molecule has 50 valence electrons. The van der Waals surface area contributed by atoms with Gasteiger partial charge in [0.05, 0.1) is 0 Å². The minimum Gasteiger partial charge on any atom is -0.311 e. The number of rotatable bonds is 2. The highest BCUT2D eigenvalue weighted by molar-refractivity contribution is 4.94. The second kappa shape index (κ2) is 2.02. The molecule has 0 radical (unpaired) electrons. The topological polar surface area (TPSA) is 4.36 Å². The van der Waals surface area contributed by atoms with Crippen LogP contribution in [0.5, 0.6) is 0 Å². The maximum absolute atomic E-state index is 6.85. The Bertz CT molecular complexity index is 137. The van der Waals surface area contributed by atoms with Crippen LogP contribution in [0.25, 0.3) is 4.85 Å². The molecule has 1 nitrogen and oxygen atoms in total. The number of hydrogen-bond donors (Lipinski definition) is 0. The zero-order valence-electron chi connectivity index (χ0n) is 6.15. The van der Waals surface area contributed by atoms with Gasteiger partial charge in [0.15, 0.2) is 0 Å². The van der Waals surface area contributed by atoms with Crippen LogP contribution in [0.1, 0.15) is 33.1 Å².